The summed E-state index contributed by atoms with van der Waals surface area (Å²) < 4.78 is 11.1. The molecule has 0 amide bonds. The largest absolute Gasteiger partial charge is 0.390 e. The van der Waals surface area contributed by atoms with Gasteiger partial charge in [-0.3, -0.25) is 0 Å². The van der Waals surface area contributed by atoms with Crippen LogP contribution in [0.15, 0.2) is 0 Å². The van der Waals surface area contributed by atoms with Gasteiger partial charge in [0.2, 0.25) is 0 Å². The van der Waals surface area contributed by atoms with Gasteiger partial charge in [-0.1, -0.05) is 0 Å². The van der Waals surface area contributed by atoms with E-state index in [4.69, 9.17) is 9.47 Å². The molecule has 0 saturated carbocycles. The van der Waals surface area contributed by atoms with Crippen molar-refractivity contribution in [2.45, 2.75) is 58.0 Å². The highest BCUT2D eigenvalue weighted by Gasteiger charge is 2.31. The quantitative estimate of drug-likeness (QED) is 0.710. The van der Waals surface area contributed by atoms with E-state index in [0.717, 1.165) is 0 Å². The fourth-order valence-corrected chi connectivity index (χ4v) is 1.36. The molecule has 1 N–H and O–H groups in total. The van der Waals surface area contributed by atoms with Gasteiger partial charge in [0.05, 0.1) is 30.5 Å². The van der Waals surface area contributed by atoms with Gasteiger partial charge in [-0.05, 0) is 27.7 Å². The van der Waals surface area contributed by atoms with Crippen LogP contribution in [0.4, 0.5) is 0 Å². The molecule has 13 heavy (non-hydrogen) atoms. The van der Waals surface area contributed by atoms with Crippen LogP contribution in [0.25, 0.3) is 0 Å². The van der Waals surface area contributed by atoms with Crippen molar-refractivity contribution in [3.63, 3.8) is 0 Å². The molecular weight excluding hydrogens is 168 g/mol. The van der Waals surface area contributed by atoms with Crippen LogP contribution < -0.4 is 0 Å². The maximum absolute atomic E-state index is 9.42. The smallest absolute Gasteiger partial charge is 0.0839 e. The fourth-order valence-electron chi connectivity index (χ4n) is 1.36. The molecule has 3 nitrogen and oxygen atoms in total. The van der Waals surface area contributed by atoms with Gasteiger partial charge in [-0.2, -0.15) is 0 Å². The molecule has 0 radical (unpaired) electrons. The molecule has 0 aromatic rings. The molecule has 78 valence electrons. The molecule has 1 saturated heterocycles. The zero-order valence-corrected chi connectivity index (χ0v) is 8.91. The van der Waals surface area contributed by atoms with Crippen LogP contribution >= 0.6 is 0 Å². The van der Waals surface area contributed by atoms with Crippen LogP contribution in [0.3, 0.4) is 0 Å². The Morgan fingerprint density at radius 3 is 2.46 bits per heavy atom. The third kappa shape index (κ3) is 3.63. The molecule has 3 atom stereocenters. The van der Waals surface area contributed by atoms with Crippen molar-refractivity contribution in [3.8, 4) is 0 Å². The number of hydrogen-bond donors (Lipinski definition) is 1. The average molecular weight is 188 g/mol. The van der Waals surface area contributed by atoms with Gasteiger partial charge in [-0.25, -0.2) is 0 Å². The highest BCUT2D eigenvalue weighted by Crippen LogP contribution is 2.21. The summed E-state index contributed by atoms with van der Waals surface area (Å²) in [5.41, 5.74) is -0.125. The third-order valence-corrected chi connectivity index (χ3v) is 2.16. The highest BCUT2D eigenvalue weighted by atomic mass is 16.6. The van der Waals surface area contributed by atoms with Gasteiger partial charge in [-0.15, -0.1) is 0 Å². The van der Waals surface area contributed by atoms with E-state index >= 15 is 0 Å². The second kappa shape index (κ2) is 3.95. The highest BCUT2D eigenvalue weighted by molar-refractivity contribution is 4.79. The van der Waals surface area contributed by atoms with Crippen LogP contribution in [0, 0.1) is 0 Å². The van der Waals surface area contributed by atoms with E-state index in [-0.39, 0.29) is 23.9 Å². The standard InChI is InChI=1S/C10H20O3/c1-7-9(11)5-8(13-7)6-12-10(2,3)4/h7-9,11H,5-6H2,1-4H3. The first kappa shape index (κ1) is 11.0. The Morgan fingerprint density at radius 2 is 2.08 bits per heavy atom. The van der Waals surface area contributed by atoms with Crippen molar-refractivity contribution >= 4 is 0 Å². The minimum absolute atomic E-state index is 0.0476. The molecule has 0 aliphatic carbocycles. The Hall–Kier alpha value is -0.120. The molecule has 1 rings (SSSR count). The molecule has 1 heterocycles. The number of aliphatic hydroxyl groups is 1. The summed E-state index contributed by atoms with van der Waals surface area (Å²) in [7, 11) is 0. The second-order valence-corrected chi connectivity index (χ2v) is 4.69. The first-order valence-corrected chi connectivity index (χ1v) is 4.86. The number of rotatable bonds is 2. The average Bonchev–Trinajstić information content (AvgIpc) is 2.27. The van der Waals surface area contributed by atoms with Gasteiger partial charge in [0, 0.05) is 6.42 Å². The summed E-state index contributed by atoms with van der Waals surface area (Å²) in [6.07, 6.45) is 0.378. The van der Waals surface area contributed by atoms with Crippen molar-refractivity contribution in [2.24, 2.45) is 0 Å². The lowest BCUT2D eigenvalue weighted by atomic mass is 10.1. The summed E-state index contributed by atoms with van der Waals surface area (Å²) in [5, 5.41) is 9.42. The second-order valence-electron chi connectivity index (χ2n) is 4.69. The van der Waals surface area contributed by atoms with Crippen LogP contribution in [-0.4, -0.2) is 35.6 Å². The number of hydrogen-bond acceptors (Lipinski definition) is 3. The Bertz CT molecular complexity index is 152. The van der Waals surface area contributed by atoms with Crippen LogP contribution in [0.1, 0.15) is 34.1 Å². The van der Waals surface area contributed by atoms with Crippen LogP contribution in [0.5, 0.6) is 0 Å². The Morgan fingerprint density at radius 1 is 1.46 bits per heavy atom. The van der Waals surface area contributed by atoms with Gasteiger partial charge in [0.1, 0.15) is 0 Å². The topological polar surface area (TPSA) is 38.7 Å². The van der Waals surface area contributed by atoms with Gasteiger partial charge < -0.3 is 14.6 Å². The first-order chi connectivity index (χ1) is 5.88. The van der Waals surface area contributed by atoms with E-state index in [1.165, 1.54) is 0 Å². The maximum atomic E-state index is 9.42. The van der Waals surface area contributed by atoms with Gasteiger partial charge in [0.25, 0.3) is 0 Å². The van der Waals surface area contributed by atoms with Crippen molar-refractivity contribution in [3.05, 3.63) is 0 Å². The van der Waals surface area contributed by atoms with Crippen molar-refractivity contribution in [2.75, 3.05) is 6.61 Å². The molecule has 0 spiro atoms. The maximum Gasteiger partial charge on any atom is 0.0839 e. The molecule has 3 heteroatoms. The molecule has 1 aliphatic heterocycles. The van der Waals surface area contributed by atoms with Gasteiger partial charge in [0.15, 0.2) is 0 Å². The first-order valence-electron chi connectivity index (χ1n) is 4.86. The lowest BCUT2D eigenvalue weighted by Gasteiger charge is -2.22. The van der Waals surface area contributed by atoms with E-state index in [2.05, 4.69) is 0 Å². The lowest BCUT2D eigenvalue weighted by molar-refractivity contribution is -0.0692. The minimum atomic E-state index is -0.325. The Balaban J connectivity index is 2.25. The monoisotopic (exact) mass is 188 g/mol. The number of ether oxygens (including phenoxy) is 2. The van der Waals surface area contributed by atoms with E-state index in [9.17, 15) is 5.11 Å². The molecule has 1 aliphatic rings. The van der Waals surface area contributed by atoms with Crippen molar-refractivity contribution < 1.29 is 14.6 Å². The van der Waals surface area contributed by atoms with Crippen LogP contribution in [0.2, 0.25) is 0 Å². The fraction of sp³-hybridized carbons (Fsp3) is 1.00. The summed E-state index contributed by atoms with van der Waals surface area (Å²) >= 11 is 0. The predicted molar refractivity (Wildman–Crippen MR) is 50.7 cm³/mol. The summed E-state index contributed by atoms with van der Waals surface area (Å²) in [5.74, 6) is 0. The molecule has 0 aromatic carbocycles. The summed E-state index contributed by atoms with van der Waals surface area (Å²) in [4.78, 5) is 0. The molecule has 0 bridgehead atoms. The third-order valence-electron chi connectivity index (χ3n) is 2.16. The molecule has 0 aromatic heterocycles. The molecular formula is C10H20O3. The predicted octanol–water partition coefficient (Wildman–Crippen LogP) is 1.34. The van der Waals surface area contributed by atoms with Crippen molar-refractivity contribution in [1.82, 2.24) is 0 Å². The van der Waals surface area contributed by atoms with Gasteiger partial charge >= 0.3 is 0 Å². The zero-order chi connectivity index (χ0) is 10.1. The zero-order valence-electron chi connectivity index (χ0n) is 8.91. The van der Waals surface area contributed by atoms with E-state index in [0.29, 0.717) is 13.0 Å². The Labute approximate surface area is 80.0 Å². The molecule has 3 unspecified atom stereocenters. The molecule has 1 fully saturated rings. The lowest BCUT2D eigenvalue weighted by Crippen LogP contribution is -2.26. The van der Waals surface area contributed by atoms with E-state index in [1.54, 1.807) is 0 Å². The van der Waals surface area contributed by atoms with Crippen molar-refractivity contribution in [1.29, 1.82) is 0 Å². The summed E-state index contributed by atoms with van der Waals surface area (Å²) in [6, 6.07) is 0. The van der Waals surface area contributed by atoms with E-state index < -0.39 is 0 Å². The van der Waals surface area contributed by atoms with E-state index in [1.807, 2.05) is 27.7 Å². The Kier molecular flexibility index (Phi) is 3.33. The normalized spacial score (nSPS) is 35.3. The summed E-state index contributed by atoms with van der Waals surface area (Å²) in [6.45, 7) is 8.51. The number of aliphatic hydroxyl groups excluding tert-OH is 1. The van der Waals surface area contributed by atoms with Crippen LogP contribution in [-0.2, 0) is 9.47 Å². The SMILES string of the molecule is CC1OC(COC(C)(C)C)CC1O. The minimum Gasteiger partial charge on any atom is -0.390 e.